The molecule has 0 saturated heterocycles. The van der Waals surface area contributed by atoms with E-state index in [2.05, 4.69) is 15.9 Å². The Morgan fingerprint density at radius 2 is 2.00 bits per heavy atom. The fourth-order valence-corrected chi connectivity index (χ4v) is 1.52. The number of halogens is 1. The molecule has 1 aromatic rings. The number of rotatable bonds is 4. The van der Waals surface area contributed by atoms with Crippen molar-refractivity contribution in [2.45, 2.75) is 6.92 Å². The molecule has 0 unspecified atom stereocenters. The van der Waals surface area contributed by atoms with Gasteiger partial charge in [-0.15, -0.1) is 0 Å². The second-order valence-electron chi connectivity index (χ2n) is 3.77. The monoisotopic (exact) mass is 299 g/mol. The third-order valence-electron chi connectivity index (χ3n) is 2.17. The molecular formula is C12H14BrNO3. The molecule has 0 spiro atoms. The van der Waals surface area contributed by atoms with E-state index in [0.717, 1.165) is 4.47 Å². The van der Waals surface area contributed by atoms with Gasteiger partial charge < -0.3 is 9.64 Å². The predicted molar refractivity (Wildman–Crippen MR) is 68.3 cm³/mol. The molecule has 0 aliphatic rings. The molecule has 92 valence electrons. The minimum atomic E-state index is -0.153. The minimum Gasteiger partial charge on any atom is -0.483 e. The molecule has 1 rings (SSSR count). The number of hydrogen-bond donors (Lipinski definition) is 0. The summed E-state index contributed by atoms with van der Waals surface area (Å²) in [6.45, 7) is 1.38. The highest BCUT2D eigenvalue weighted by Gasteiger charge is 2.11. The summed E-state index contributed by atoms with van der Waals surface area (Å²) in [5, 5.41) is 0. The van der Waals surface area contributed by atoms with Gasteiger partial charge in [-0.05, 0) is 25.1 Å². The third kappa shape index (κ3) is 3.85. The lowest BCUT2D eigenvalue weighted by Gasteiger charge is -2.13. The zero-order valence-corrected chi connectivity index (χ0v) is 11.6. The van der Waals surface area contributed by atoms with Gasteiger partial charge in [-0.3, -0.25) is 9.59 Å². The molecule has 5 heteroatoms. The molecule has 0 bridgehead atoms. The first-order valence-electron chi connectivity index (χ1n) is 5.05. The zero-order chi connectivity index (χ0) is 13.0. The molecule has 0 aromatic heterocycles. The Morgan fingerprint density at radius 3 is 2.53 bits per heavy atom. The van der Waals surface area contributed by atoms with Crippen LogP contribution in [0.4, 0.5) is 0 Å². The fraction of sp³-hybridized carbons (Fsp3) is 0.333. The lowest BCUT2D eigenvalue weighted by atomic mass is 10.1. The zero-order valence-electron chi connectivity index (χ0n) is 9.99. The van der Waals surface area contributed by atoms with Crippen LogP contribution in [-0.4, -0.2) is 37.3 Å². The number of ether oxygens (including phenoxy) is 1. The van der Waals surface area contributed by atoms with Gasteiger partial charge in [0.05, 0.1) is 5.56 Å². The Bertz CT molecular complexity index is 443. The van der Waals surface area contributed by atoms with Crippen molar-refractivity contribution >= 4 is 27.6 Å². The van der Waals surface area contributed by atoms with E-state index in [-0.39, 0.29) is 18.3 Å². The predicted octanol–water partition coefficient (Wildman–Crippen LogP) is 2.12. The maximum atomic E-state index is 11.4. The van der Waals surface area contributed by atoms with Gasteiger partial charge in [-0.2, -0.15) is 0 Å². The second-order valence-corrected chi connectivity index (χ2v) is 4.69. The number of amides is 1. The van der Waals surface area contributed by atoms with Crippen LogP contribution in [-0.2, 0) is 4.79 Å². The molecule has 0 heterocycles. The Labute approximate surface area is 109 Å². The standard InChI is InChI=1S/C12H14BrNO3/c1-8(15)10-5-4-9(13)6-11(10)17-7-12(16)14(2)3/h4-6H,7H2,1-3H3. The highest BCUT2D eigenvalue weighted by molar-refractivity contribution is 9.10. The van der Waals surface area contributed by atoms with Gasteiger partial charge >= 0.3 is 0 Å². The molecule has 0 radical (unpaired) electrons. The normalized spacial score (nSPS) is 9.88. The van der Waals surface area contributed by atoms with E-state index >= 15 is 0 Å². The number of carbonyl (C=O) groups excluding carboxylic acids is 2. The van der Waals surface area contributed by atoms with Gasteiger partial charge in [0, 0.05) is 18.6 Å². The van der Waals surface area contributed by atoms with Gasteiger partial charge in [0.1, 0.15) is 5.75 Å². The lowest BCUT2D eigenvalue weighted by Crippen LogP contribution is -2.27. The van der Waals surface area contributed by atoms with Gasteiger partial charge in [0.25, 0.3) is 5.91 Å². The van der Waals surface area contributed by atoms with Crippen LogP contribution in [0.2, 0.25) is 0 Å². The molecule has 0 aliphatic carbocycles. The van der Waals surface area contributed by atoms with E-state index < -0.39 is 0 Å². The number of benzene rings is 1. The molecule has 1 aromatic carbocycles. The Morgan fingerprint density at radius 1 is 1.35 bits per heavy atom. The largest absolute Gasteiger partial charge is 0.483 e. The maximum Gasteiger partial charge on any atom is 0.259 e. The molecule has 0 aliphatic heterocycles. The van der Waals surface area contributed by atoms with Crippen LogP contribution in [0.15, 0.2) is 22.7 Å². The minimum absolute atomic E-state index is 0.0796. The second kappa shape index (κ2) is 5.82. The smallest absolute Gasteiger partial charge is 0.259 e. The first kappa shape index (κ1) is 13.7. The van der Waals surface area contributed by atoms with Crippen LogP contribution in [0.3, 0.4) is 0 Å². The lowest BCUT2D eigenvalue weighted by molar-refractivity contribution is -0.130. The topological polar surface area (TPSA) is 46.6 Å². The molecule has 0 saturated carbocycles. The van der Waals surface area contributed by atoms with E-state index in [4.69, 9.17) is 4.74 Å². The Kier molecular flexibility index (Phi) is 4.69. The number of ketones is 1. The number of Topliss-reactive ketones (excluding diaryl/α,β-unsaturated/α-hetero) is 1. The number of carbonyl (C=O) groups is 2. The van der Waals surface area contributed by atoms with Crippen LogP contribution < -0.4 is 4.74 Å². The van der Waals surface area contributed by atoms with Crippen molar-refractivity contribution in [2.24, 2.45) is 0 Å². The number of hydrogen-bond acceptors (Lipinski definition) is 3. The fourth-order valence-electron chi connectivity index (χ4n) is 1.18. The highest BCUT2D eigenvalue weighted by atomic mass is 79.9. The first-order valence-corrected chi connectivity index (χ1v) is 5.84. The molecule has 0 fully saturated rings. The van der Waals surface area contributed by atoms with E-state index in [0.29, 0.717) is 11.3 Å². The van der Waals surface area contributed by atoms with Gasteiger partial charge in [0.15, 0.2) is 12.4 Å². The van der Waals surface area contributed by atoms with Crippen molar-refractivity contribution in [1.82, 2.24) is 4.90 Å². The highest BCUT2D eigenvalue weighted by Crippen LogP contribution is 2.24. The molecule has 17 heavy (non-hydrogen) atoms. The van der Waals surface area contributed by atoms with Crippen molar-refractivity contribution in [3.05, 3.63) is 28.2 Å². The van der Waals surface area contributed by atoms with Crippen molar-refractivity contribution in [1.29, 1.82) is 0 Å². The van der Waals surface area contributed by atoms with E-state index in [9.17, 15) is 9.59 Å². The van der Waals surface area contributed by atoms with E-state index in [1.165, 1.54) is 11.8 Å². The number of nitrogens with zero attached hydrogens (tertiary/aromatic N) is 1. The van der Waals surface area contributed by atoms with Crippen LogP contribution in [0.25, 0.3) is 0 Å². The average Bonchev–Trinajstić information content (AvgIpc) is 2.25. The van der Waals surface area contributed by atoms with Gasteiger partial charge in [-0.1, -0.05) is 15.9 Å². The summed E-state index contributed by atoms with van der Waals surface area (Å²) in [5.74, 6) is 0.173. The van der Waals surface area contributed by atoms with Crippen LogP contribution in [0.1, 0.15) is 17.3 Å². The van der Waals surface area contributed by atoms with Crippen LogP contribution >= 0.6 is 15.9 Å². The molecular weight excluding hydrogens is 286 g/mol. The van der Waals surface area contributed by atoms with Crippen molar-refractivity contribution < 1.29 is 14.3 Å². The molecule has 0 atom stereocenters. The van der Waals surface area contributed by atoms with Crippen molar-refractivity contribution in [3.63, 3.8) is 0 Å². The van der Waals surface area contributed by atoms with Crippen LogP contribution in [0.5, 0.6) is 5.75 Å². The van der Waals surface area contributed by atoms with E-state index in [1.54, 1.807) is 32.3 Å². The quantitative estimate of drug-likeness (QED) is 0.800. The Balaban J connectivity index is 2.86. The average molecular weight is 300 g/mol. The SMILES string of the molecule is CC(=O)c1ccc(Br)cc1OCC(=O)N(C)C. The number of likely N-dealkylation sites (N-methyl/N-ethyl adjacent to an activating group) is 1. The third-order valence-corrected chi connectivity index (χ3v) is 2.67. The molecule has 4 nitrogen and oxygen atoms in total. The van der Waals surface area contributed by atoms with Gasteiger partial charge in [0.2, 0.25) is 0 Å². The summed E-state index contributed by atoms with van der Waals surface area (Å²) < 4.78 is 6.16. The Hall–Kier alpha value is -1.36. The van der Waals surface area contributed by atoms with Crippen molar-refractivity contribution in [3.8, 4) is 5.75 Å². The summed E-state index contributed by atoms with van der Waals surface area (Å²) in [7, 11) is 3.30. The van der Waals surface area contributed by atoms with Crippen LogP contribution in [0, 0.1) is 0 Å². The summed E-state index contributed by atoms with van der Waals surface area (Å²) in [6.07, 6.45) is 0. The first-order chi connectivity index (χ1) is 7.91. The molecule has 0 N–H and O–H groups in total. The summed E-state index contributed by atoms with van der Waals surface area (Å²) in [5.41, 5.74) is 0.472. The molecule has 1 amide bonds. The summed E-state index contributed by atoms with van der Waals surface area (Å²) >= 11 is 3.29. The van der Waals surface area contributed by atoms with E-state index in [1.807, 2.05) is 0 Å². The van der Waals surface area contributed by atoms with Gasteiger partial charge in [-0.25, -0.2) is 0 Å². The summed E-state index contributed by atoms with van der Waals surface area (Å²) in [4.78, 5) is 24.2. The van der Waals surface area contributed by atoms with Crippen molar-refractivity contribution in [2.75, 3.05) is 20.7 Å². The maximum absolute atomic E-state index is 11.4. The summed E-state index contributed by atoms with van der Waals surface area (Å²) in [6, 6.07) is 5.11.